The zero-order valence-corrected chi connectivity index (χ0v) is 12.6. The van der Waals surface area contributed by atoms with E-state index in [1.54, 1.807) is 0 Å². The molecular weight excluding hydrogens is 254 g/mol. The average molecular weight is 277 g/mol. The van der Waals surface area contributed by atoms with Gasteiger partial charge in [-0.15, -0.1) is 0 Å². The van der Waals surface area contributed by atoms with Crippen molar-refractivity contribution in [3.8, 4) is 0 Å². The van der Waals surface area contributed by atoms with Gasteiger partial charge in [0.15, 0.2) is 5.41 Å². The monoisotopic (exact) mass is 277 g/mol. The smallest absolute Gasteiger partial charge is 0.322 e. The van der Waals surface area contributed by atoms with Crippen molar-refractivity contribution in [2.45, 2.75) is 40.2 Å². The Morgan fingerprint density at radius 3 is 2.80 bits per heavy atom. The summed E-state index contributed by atoms with van der Waals surface area (Å²) in [6.07, 6.45) is 3.00. The highest BCUT2D eigenvalue weighted by Gasteiger charge is 2.69. The first kappa shape index (κ1) is 13.7. The number of carbonyl (C=O) groups is 2. The van der Waals surface area contributed by atoms with Crippen molar-refractivity contribution in [3.63, 3.8) is 0 Å². The summed E-state index contributed by atoms with van der Waals surface area (Å²) in [5, 5.41) is 3.10. The van der Waals surface area contributed by atoms with E-state index in [2.05, 4.69) is 39.1 Å². The summed E-state index contributed by atoms with van der Waals surface area (Å²) in [5.41, 5.74) is 0.317. The fourth-order valence-electron chi connectivity index (χ4n) is 4.45. The Bertz CT molecular complexity index is 496. The zero-order valence-electron chi connectivity index (χ0n) is 12.6. The van der Waals surface area contributed by atoms with E-state index in [1.807, 2.05) is 0 Å². The van der Waals surface area contributed by atoms with Crippen LogP contribution in [0.2, 0.25) is 0 Å². The molecule has 5 atom stereocenters. The number of cyclic esters (lactones) is 1. The first-order valence-electron chi connectivity index (χ1n) is 7.55. The maximum absolute atomic E-state index is 12.6. The number of carbonyl (C=O) groups excluding carboxylic acids is 2. The zero-order chi connectivity index (χ0) is 14.7. The van der Waals surface area contributed by atoms with E-state index in [0.29, 0.717) is 12.5 Å². The second kappa shape index (κ2) is 4.34. The largest absolute Gasteiger partial charge is 0.464 e. The quantitative estimate of drug-likeness (QED) is 0.476. The molecule has 2 saturated heterocycles. The van der Waals surface area contributed by atoms with Gasteiger partial charge >= 0.3 is 5.97 Å². The van der Waals surface area contributed by atoms with Gasteiger partial charge in [0, 0.05) is 17.9 Å². The molecule has 4 nitrogen and oxygen atoms in total. The van der Waals surface area contributed by atoms with Crippen molar-refractivity contribution in [1.82, 2.24) is 5.32 Å². The Hall–Kier alpha value is -1.32. The number of hydrogen-bond acceptors (Lipinski definition) is 3. The van der Waals surface area contributed by atoms with Crippen LogP contribution in [0, 0.1) is 29.1 Å². The lowest BCUT2D eigenvalue weighted by Gasteiger charge is -2.40. The Morgan fingerprint density at radius 1 is 1.45 bits per heavy atom. The van der Waals surface area contributed by atoms with Crippen LogP contribution in [0.3, 0.4) is 0 Å². The third-order valence-corrected chi connectivity index (χ3v) is 5.41. The third kappa shape index (κ3) is 1.54. The van der Waals surface area contributed by atoms with Crippen molar-refractivity contribution in [2.75, 3.05) is 6.61 Å². The highest BCUT2D eigenvalue weighted by Crippen LogP contribution is 2.56. The molecule has 1 N–H and O–H groups in total. The fraction of sp³-hybridized carbons (Fsp3) is 0.750. The third-order valence-electron chi connectivity index (χ3n) is 5.41. The van der Waals surface area contributed by atoms with Crippen molar-refractivity contribution in [3.05, 3.63) is 11.6 Å². The molecule has 0 bridgehead atoms. The van der Waals surface area contributed by atoms with Gasteiger partial charge in [0.1, 0.15) is 0 Å². The van der Waals surface area contributed by atoms with Crippen LogP contribution in [0.1, 0.15) is 34.1 Å². The predicted molar refractivity (Wildman–Crippen MR) is 74.7 cm³/mol. The first-order chi connectivity index (χ1) is 9.38. The van der Waals surface area contributed by atoms with Crippen LogP contribution in [0.25, 0.3) is 0 Å². The molecule has 4 heteroatoms. The van der Waals surface area contributed by atoms with E-state index in [0.717, 1.165) is 6.42 Å². The molecule has 1 amide bonds. The average Bonchev–Trinajstić information content (AvgIpc) is 2.82. The van der Waals surface area contributed by atoms with Gasteiger partial charge in [0.2, 0.25) is 5.91 Å². The molecule has 2 fully saturated rings. The topological polar surface area (TPSA) is 55.4 Å². The standard InChI is InChI=1S/C16H23NO3/c1-8(2)5-12-13-10(4)9(3)6-11-7-20-15(19)16(11,13)14(18)17-12/h6,8,10-13H,5,7H2,1-4H3,(H,17,18)/t10-,11-,12+,13+,16+/m1/s1. The molecule has 110 valence electrons. The predicted octanol–water partition coefficient (Wildman–Crippen LogP) is 1.90. The van der Waals surface area contributed by atoms with E-state index < -0.39 is 5.41 Å². The fourth-order valence-corrected chi connectivity index (χ4v) is 4.45. The maximum Gasteiger partial charge on any atom is 0.322 e. The van der Waals surface area contributed by atoms with Crippen molar-refractivity contribution < 1.29 is 14.3 Å². The Kier molecular flexibility index (Phi) is 2.96. The van der Waals surface area contributed by atoms with Crippen molar-refractivity contribution in [2.24, 2.45) is 29.1 Å². The molecular formula is C16H23NO3. The normalized spacial score (nSPS) is 43.0. The van der Waals surface area contributed by atoms with Gasteiger partial charge in [-0.25, -0.2) is 0 Å². The summed E-state index contributed by atoms with van der Waals surface area (Å²) in [5.74, 6) is 0.239. The molecule has 3 aliphatic rings. The number of allylic oxidation sites excluding steroid dienone is 1. The second-order valence-corrected chi connectivity index (χ2v) is 7.01. The van der Waals surface area contributed by atoms with E-state index in [4.69, 9.17) is 4.74 Å². The van der Waals surface area contributed by atoms with E-state index in [-0.39, 0.29) is 35.7 Å². The number of hydrogen-bond donors (Lipinski definition) is 1. The summed E-state index contributed by atoms with van der Waals surface area (Å²) in [7, 11) is 0. The molecule has 0 unspecified atom stereocenters. The van der Waals surface area contributed by atoms with Gasteiger partial charge < -0.3 is 10.1 Å². The lowest BCUT2D eigenvalue weighted by Crippen LogP contribution is -2.49. The molecule has 1 aliphatic carbocycles. The molecule has 1 spiro atoms. The summed E-state index contributed by atoms with van der Waals surface area (Å²) in [6.45, 7) is 8.89. The Balaban J connectivity index is 2.09. The van der Waals surface area contributed by atoms with E-state index in [9.17, 15) is 9.59 Å². The van der Waals surface area contributed by atoms with Crippen LogP contribution < -0.4 is 5.32 Å². The molecule has 0 radical (unpaired) electrons. The summed E-state index contributed by atoms with van der Waals surface area (Å²) < 4.78 is 5.28. The maximum atomic E-state index is 12.6. The molecule has 0 saturated carbocycles. The number of rotatable bonds is 2. The van der Waals surface area contributed by atoms with Crippen LogP contribution in [0.15, 0.2) is 11.6 Å². The molecule has 0 aromatic carbocycles. The second-order valence-electron chi connectivity index (χ2n) is 7.01. The van der Waals surface area contributed by atoms with Gasteiger partial charge in [-0.2, -0.15) is 0 Å². The van der Waals surface area contributed by atoms with Crippen LogP contribution in [0.4, 0.5) is 0 Å². The van der Waals surface area contributed by atoms with E-state index >= 15 is 0 Å². The molecule has 20 heavy (non-hydrogen) atoms. The Morgan fingerprint density at radius 2 is 2.15 bits per heavy atom. The molecule has 0 aromatic heterocycles. The van der Waals surface area contributed by atoms with Gasteiger partial charge in [-0.3, -0.25) is 9.59 Å². The number of amides is 1. The number of esters is 1. The molecule has 2 aliphatic heterocycles. The van der Waals surface area contributed by atoms with Crippen LogP contribution in [-0.4, -0.2) is 24.5 Å². The lowest BCUT2D eigenvalue weighted by atomic mass is 9.58. The lowest BCUT2D eigenvalue weighted by molar-refractivity contribution is -0.154. The first-order valence-corrected chi connectivity index (χ1v) is 7.55. The van der Waals surface area contributed by atoms with Crippen LogP contribution in [-0.2, 0) is 14.3 Å². The summed E-state index contributed by atoms with van der Waals surface area (Å²) >= 11 is 0. The van der Waals surface area contributed by atoms with Crippen molar-refractivity contribution >= 4 is 11.9 Å². The van der Waals surface area contributed by atoms with Gasteiger partial charge in [-0.05, 0) is 25.2 Å². The van der Waals surface area contributed by atoms with Crippen LogP contribution in [0.5, 0.6) is 0 Å². The minimum Gasteiger partial charge on any atom is -0.464 e. The van der Waals surface area contributed by atoms with Crippen LogP contribution >= 0.6 is 0 Å². The highest BCUT2D eigenvalue weighted by atomic mass is 16.5. The minimum atomic E-state index is -0.960. The summed E-state index contributed by atoms with van der Waals surface area (Å²) in [6, 6.07) is 0.0781. The van der Waals surface area contributed by atoms with Gasteiger partial charge in [0.05, 0.1) is 6.61 Å². The minimum absolute atomic E-state index is 0.0300. The van der Waals surface area contributed by atoms with Crippen molar-refractivity contribution in [1.29, 1.82) is 0 Å². The Labute approximate surface area is 119 Å². The molecule has 0 aromatic rings. The van der Waals surface area contributed by atoms with Gasteiger partial charge in [0.25, 0.3) is 0 Å². The van der Waals surface area contributed by atoms with E-state index in [1.165, 1.54) is 5.57 Å². The number of ether oxygens (including phenoxy) is 1. The summed E-state index contributed by atoms with van der Waals surface area (Å²) in [4.78, 5) is 25.0. The SMILES string of the molecule is CC1=C[C@@H]2COC(=O)[C@@]23C(=O)N[C@@H](CC(C)C)[C@@H]3[C@@H]1C. The molecule has 2 heterocycles. The van der Waals surface area contributed by atoms with Gasteiger partial charge in [-0.1, -0.05) is 32.4 Å². The number of nitrogens with one attached hydrogen (secondary N) is 1. The highest BCUT2D eigenvalue weighted by molar-refractivity contribution is 6.07. The molecule has 3 rings (SSSR count).